The zero-order chi connectivity index (χ0) is 21.3. The van der Waals surface area contributed by atoms with E-state index in [0.29, 0.717) is 29.7 Å². The van der Waals surface area contributed by atoms with E-state index >= 15 is 0 Å². The van der Waals surface area contributed by atoms with Crippen LogP contribution in [0.1, 0.15) is 58.2 Å². The Hall–Kier alpha value is -2.64. The van der Waals surface area contributed by atoms with Crippen molar-refractivity contribution in [2.24, 2.45) is 5.41 Å². The van der Waals surface area contributed by atoms with Gasteiger partial charge in [-0.2, -0.15) is 0 Å². The number of fused-ring (bicyclic) bond motifs is 1. The third-order valence-corrected chi connectivity index (χ3v) is 4.65. The van der Waals surface area contributed by atoms with Crippen LogP contribution in [0.3, 0.4) is 0 Å². The van der Waals surface area contributed by atoms with Gasteiger partial charge in [0.2, 0.25) is 0 Å². The molecule has 1 aliphatic rings. The molecular formula is C22H27BN2O4. The fourth-order valence-corrected chi connectivity index (χ4v) is 3.43. The van der Waals surface area contributed by atoms with Crippen LogP contribution >= 0.6 is 0 Å². The smallest absolute Gasteiger partial charge is 0.423 e. The lowest BCUT2D eigenvalue weighted by molar-refractivity contribution is 0.0509. The number of nitrogens with zero attached hydrogens (tertiary/aromatic N) is 1. The highest BCUT2D eigenvalue weighted by Crippen LogP contribution is 2.18. The minimum absolute atomic E-state index is 0.218. The molecule has 7 heteroatoms. The molecule has 2 amide bonds. The first-order valence-electron chi connectivity index (χ1n) is 9.67. The molecule has 0 aliphatic carbocycles. The second kappa shape index (κ2) is 8.01. The number of benzene rings is 2. The van der Waals surface area contributed by atoms with Gasteiger partial charge >= 0.3 is 7.12 Å². The number of aryl methyl sites for hydroxylation is 2. The van der Waals surface area contributed by atoms with E-state index in [9.17, 15) is 14.6 Å². The third-order valence-electron chi connectivity index (χ3n) is 4.65. The molecule has 2 N–H and O–H groups in total. The molecule has 2 aromatic rings. The Labute approximate surface area is 172 Å². The van der Waals surface area contributed by atoms with Crippen molar-refractivity contribution >= 4 is 24.4 Å². The van der Waals surface area contributed by atoms with Crippen molar-refractivity contribution in [1.29, 1.82) is 0 Å². The molecule has 152 valence electrons. The normalized spacial score (nSPS) is 13.2. The minimum atomic E-state index is -1.03. The highest BCUT2D eigenvalue weighted by Gasteiger charge is 2.29. The summed E-state index contributed by atoms with van der Waals surface area (Å²) < 4.78 is 5.18. The van der Waals surface area contributed by atoms with Crippen LogP contribution in [0.5, 0.6) is 0 Å². The molecule has 0 aromatic heterocycles. The summed E-state index contributed by atoms with van der Waals surface area (Å²) in [5, 5.41) is 11.3. The Morgan fingerprint density at radius 3 is 2.38 bits per heavy atom. The van der Waals surface area contributed by atoms with Crippen LogP contribution in [0.25, 0.3) is 0 Å². The topological polar surface area (TPSA) is 78.9 Å². The van der Waals surface area contributed by atoms with E-state index in [1.54, 1.807) is 18.2 Å². The number of nitrogens with one attached hydrogen (secondary N) is 1. The van der Waals surface area contributed by atoms with Crippen molar-refractivity contribution in [2.45, 2.75) is 41.2 Å². The van der Waals surface area contributed by atoms with E-state index in [1.165, 1.54) is 5.01 Å². The van der Waals surface area contributed by atoms with Crippen LogP contribution in [0, 0.1) is 19.3 Å². The van der Waals surface area contributed by atoms with Gasteiger partial charge in [-0.05, 0) is 54.6 Å². The summed E-state index contributed by atoms with van der Waals surface area (Å²) in [4.78, 5) is 26.1. The zero-order valence-electron chi connectivity index (χ0n) is 17.6. The molecule has 0 saturated heterocycles. The van der Waals surface area contributed by atoms with Gasteiger partial charge in [0.1, 0.15) is 0 Å². The quantitative estimate of drug-likeness (QED) is 0.619. The van der Waals surface area contributed by atoms with Crippen LogP contribution in [0.15, 0.2) is 36.4 Å². The van der Waals surface area contributed by atoms with E-state index in [-0.39, 0.29) is 11.3 Å². The van der Waals surface area contributed by atoms with Crippen molar-refractivity contribution in [2.75, 3.05) is 6.54 Å². The Kier molecular flexibility index (Phi) is 5.82. The fraction of sp³-hybridized carbons (Fsp3) is 0.364. The van der Waals surface area contributed by atoms with Gasteiger partial charge in [0.15, 0.2) is 0 Å². The van der Waals surface area contributed by atoms with E-state index in [0.717, 1.165) is 16.7 Å². The van der Waals surface area contributed by atoms with Crippen LogP contribution in [0.2, 0.25) is 0 Å². The Morgan fingerprint density at radius 2 is 1.76 bits per heavy atom. The molecule has 2 aromatic carbocycles. The van der Waals surface area contributed by atoms with Crippen molar-refractivity contribution in [3.8, 4) is 0 Å². The number of hydrazine groups is 1. The van der Waals surface area contributed by atoms with Gasteiger partial charge in [-0.15, -0.1) is 0 Å². The molecular weight excluding hydrogens is 367 g/mol. The first-order valence-corrected chi connectivity index (χ1v) is 9.67. The lowest BCUT2D eigenvalue weighted by Gasteiger charge is -2.30. The molecule has 0 bridgehead atoms. The molecule has 0 radical (unpaired) electrons. The summed E-state index contributed by atoms with van der Waals surface area (Å²) in [6, 6.07) is 10.7. The number of carbonyl (C=O) groups is 2. The van der Waals surface area contributed by atoms with Crippen LogP contribution in [-0.4, -0.2) is 35.5 Å². The van der Waals surface area contributed by atoms with Crippen molar-refractivity contribution in [1.82, 2.24) is 10.4 Å². The number of hydrogen-bond acceptors (Lipinski definition) is 4. The second-order valence-electron chi connectivity index (χ2n) is 8.85. The summed E-state index contributed by atoms with van der Waals surface area (Å²) in [6.07, 6.45) is 0. The Balaban J connectivity index is 1.86. The maximum Gasteiger partial charge on any atom is 0.491 e. The van der Waals surface area contributed by atoms with Crippen LogP contribution in [0.4, 0.5) is 0 Å². The predicted molar refractivity (Wildman–Crippen MR) is 113 cm³/mol. The summed E-state index contributed by atoms with van der Waals surface area (Å²) in [5.74, 6) is -0.668. The molecule has 0 atom stereocenters. The SMILES string of the molecule is Cc1cc(C)cc(C(=O)N(CC(C)(C)C)NC(=O)c2ccc3c(c2)B(O)OC3)c1. The minimum Gasteiger partial charge on any atom is -0.423 e. The average molecular weight is 394 g/mol. The standard InChI is InChI=1S/C22H27BN2O4/c1-14-8-15(2)10-18(9-14)21(27)25(13-22(3,4)5)24-20(26)16-6-7-17-12-29-23(28)19(17)11-16/h6-11,28H,12-13H2,1-5H3,(H,24,26). The van der Waals surface area contributed by atoms with Gasteiger partial charge in [-0.3, -0.25) is 15.0 Å². The van der Waals surface area contributed by atoms with Gasteiger partial charge in [-0.1, -0.05) is 44.0 Å². The summed E-state index contributed by atoms with van der Waals surface area (Å²) >= 11 is 0. The maximum atomic E-state index is 13.2. The second-order valence-corrected chi connectivity index (χ2v) is 8.85. The van der Waals surface area contributed by atoms with Gasteiger partial charge in [0.25, 0.3) is 11.8 Å². The average Bonchev–Trinajstić information content (AvgIpc) is 2.99. The summed E-state index contributed by atoms with van der Waals surface area (Å²) in [5.41, 5.74) is 6.85. The van der Waals surface area contributed by atoms with Gasteiger partial charge in [0, 0.05) is 17.7 Å². The molecule has 0 saturated carbocycles. The first kappa shape index (κ1) is 21.1. The van der Waals surface area contributed by atoms with Crippen LogP contribution in [-0.2, 0) is 11.3 Å². The summed E-state index contributed by atoms with van der Waals surface area (Å²) in [7, 11) is -1.03. The van der Waals surface area contributed by atoms with Crippen LogP contribution < -0.4 is 10.9 Å². The monoisotopic (exact) mass is 394 g/mol. The number of hydrogen-bond donors (Lipinski definition) is 2. The molecule has 0 spiro atoms. The first-order chi connectivity index (χ1) is 13.5. The fourth-order valence-electron chi connectivity index (χ4n) is 3.43. The molecule has 0 unspecified atom stereocenters. The zero-order valence-corrected chi connectivity index (χ0v) is 17.6. The lowest BCUT2D eigenvalue weighted by Crippen LogP contribution is -2.50. The van der Waals surface area contributed by atoms with Crippen molar-refractivity contribution < 1.29 is 19.3 Å². The summed E-state index contributed by atoms with van der Waals surface area (Å²) in [6.45, 7) is 10.6. The largest absolute Gasteiger partial charge is 0.491 e. The van der Waals surface area contributed by atoms with Gasteiger partial charge in [0.05, 0.1) is 6.61 Å². The highest BCUT2D eigenvalue weighted by molar-refractivity contribution is 6.61. The Bertz CT molecular complexity index is 932. The van der Waals surface area contributed by atoms with Crippen molar-refractivity contribution in [3.05, 3.63) is 64.2 Å². The number of carbonyl (C=O) groups excluding carboxylic acids is 2. The Morgan fingerprint density at radius 1 is 1.10 bits per heavy atom. The molecule has 29 heavy (non-hydrogen) atoms. The van der Waals surface area contributed by atoms with E-state index in [1.807, 2.05) is 52.8 Å². The maximum absolute atomic E-state index is 13.2. The van der Waals surface area contributed by atoms with E-state index in [2.05, 4.69) is 5.43 Å². The van der Waals surface area contributed by atoms with Crippen molar-refractivity contribution in [3.63, 3.8) is 0 Å². The van der Waals surface area contributed by atoms with Gasteiger partial charge < -0.3 is 9.68 Å². The molecule has 3 rings (SSSR count). The predicted octanol–water partition coefficient (Wildman–Crippen LogP) is 2.35. The third kappa shape index (κ3) is 5.05. The van der Waals surface area contributed by atoms with E-state index in [4.69, 9.17) is 4.65 Å². The highest BCUT2D eigenvalue weighted by atomic mass is 16.5. The number of amides is 2. The molecule has 6 nitrogen and oxygen atoms in total. The molecule has 0 fully saturated rings. The molecule has 1 aliphatic heterocycles. The van der Waals surface area contributed by atoms with Gasteiger partial charge in [-0.25, -0.2) is 5.01 Å². The van der Waals surface area contributed by atoms with E-state index < -0.39 is 13.0 Å². The number of rotatable bonds is 3. The molecule has 1 heterocycles. The lowest BCUT2D eigenvalue weighted by atomic mass is 9.79.